The fourth-order valence-electron chi connectivity index (χ4n) is 1.24. The number of pyridine rings is 1. The first-order valence-electron chi connectivity index (χ1n) is 3.77. The van der Waals surface area contributed by atoms with Crippen molar-refractivity contribution in [2.24, 2.45) is 12.8 Å². The fourth-order valence-corrected chi connectivity index (χ4v) is 1.24. The van der Waals surface area contributed by atoms with Gasteiger partial charge in [-0.1, -0.05) is 0 Å². The highest BCUT2D eigenvalue weighted by molar-refractivity contribution is 5.92. The maximum atomic E-state index is 10.9. The van der Waals surface area contributed by atoms with Crippen LogP contribution >= 0.6 is 0 Å². The molecule has 0 radical (unpaired) electrons. The summed E-state index contributed by atoms with van der Waals surface area (Å²) in [5.74, 6) is -0.311. The highest BCUT2D eigenvalue weighted by Crippen LogP contribution is 2.10. The third-order valence-corrected chi connectivity index (χ3v) is 1.85. The molecule has 0 fully saturated rings. The van der Waals surface area contributed by atoms with Gasteiger partial charge in [0.25, 0.3) is 5.91 Å². The molecule has 1 amide bonds. The number of nitrogens with zero attached hydrogens (tertiary/aromatic N) is 3. The van der Waals surface area contributed by atoms with Crippen LogP contribution in [-0.4, -0.2) is 20.4 Å². The molecule has 2 N–H and O–H groups in total. The number of carbonyl (C=O) groups excluding carboxylic acids is 1. The summed E-state index contributed by atoms with van der Waals surface area (Å²) in [5.41, 5.74) is 6.47. The van der Waals surface area contributed by atoms with Gasteiger partial charge in [-0.25, -0.2) is 9.97 Å². The van der Waals surface area contributed by atoms with Crippen molar-refractivity contribution in [3.63, 3.8) is 0 Å². The molecule has 0 aliphatic carbocycles. The summed E-state index contributed by atoms with van der Waals surface area (Å²) >= 11 is 0. The summed E-state index contributed by atoms with van der Waals surface area (Å²) in [6.45, 7) is 0. The smallest absolute Gasteiger partial charge is 0.284 e. The van der Waals surface area contributed by atoms with E-state index in [9.17, 15) is 4.79 Å². The Hall–Kier alpha value is -1.91. The molecule has 5 nitrogen and oxygen atoms in total. The van der Waals surface area contributed by atoms with Gasteiger partial charge in [0.1, 0.15) is 5.52 Å². The zero-order valence-electron chi connectivity index (χ0n) is 7.06. The van der Waals surface area contributed by atoms with E-state index in [1.165, 1.54) is 0 Å². The zero-order valence-corrected chi connectivity index (χ0v) is 7.06. The molecule has 0 aliphatic rings. The highest BCUT2D eigenvalue weighted by atomic mass is 16.1. The molecule has 0 saturated heterocycles. The second-order valence-corrected chi connectivity index (χ2v) is 2.70. The molecule has 0 aromatic carbocycles. The lowest BCUT2D eigenvalue weighted by Gasteiger charge is -1.94. The second-order valence-electron chi connectivity index (χ2n) is 2.70. The van der Waals surface area contributed by atoms with E-state index in [4.69, 9.17) is 5.73 Å². The number of carbonyl (C=O) groups is 1. The molecule has 66 valence electrons. The van der Waals surface area contributed by atoms with E-state index in [1.807, 2.05) is 0 Å². The number of fused-ring (bicyclic) bond motifs is 1. The van der Waals surface area contributed by atoms with Crippen molar-refractivity contribution in [1.29, 1.82) is 0 Å². The van der Waals surface area contributed by atoms with E-state index in [0.717, 1.165) is 0 Å². The first-order valence-corrected chi connectivity index (χ1v) is 3.77. The summed E-state index contributed by atoms with van der Waals surface area (Å²) in [7, 11) is 1.71. The largest absolute Gasteiger partial charge is 0.363 e. The maximum Gasteiger partial charge on any atom is 0.284 e. The fraction of sp³-hybridized carbons (Fsp3) is 0.125. The maximum absolute atomic E-state index is 10.9. The van der Waals surface area contributed by atoms with Crippen LogP contribution in [0.5, 0.6) is 0 Å². The Morgan fingerprint density at radius 1 is 1.62 bits per heavy atom. The molecule has 0 bridgehead atoms. The topological polar surface area (TPSA) is 73.8 Å². The molecular formula is C8H8N4O. The number of nitrogens with two attached hydrogens (primary N) is 1. The molecule has 0 atom stereocenters. The van der Waals surface area contributed by atoms with Gasteiger partial charge >= 0.3 is 0 Å². The number of amides is 1. The van der Waals surface area contributed by atoms with Crippen molar-refractivity contribution in [2.75, 3.05) is 0 Å². The lowest BCUT2D eigenvalue weighted by Crippen LogP contribution is -2.16. The lowest BCUT2D eigenvalue weighted by molar-refractivity contribution is 0.0988. The number of aromatic nitrogens is 3. The van der Waals surface area contributed by atoms with Crippen molar-refractivity contribution in [2.45, 2.75) is 0 Å². The Kier molecular flexibility index (Phi) is 1.51. The Morgan fingerprint density at radius 2 is 2.38 bits per heavy atom. The van der Waals surface area contributed by atoms with Gasteiger partial charge in [-0.05, 0) is 12.1 Å². The highest BCUT2D eigenvalue weighted by Gasteiger charge is 2.11. The minimum atomic E-state index is -0.541. The minimum absolute atomic E-state index is 0.230. The van der Waals surface area contributed by atoms with Gasteiger partial charge in [0.05, 0.1) is 0 Å². The number of hydrogen-bond donors (Lipinski definition) is 1. The van der Waals surface area contributed by atoms with Gasteiger partial charge in [-0.2, -0.15) is 0 Å². The third kappa shape index (κ3) is 1.05. The Bertz CT molecular complexity index is 474. The average molecular weight is 176 g/mol. The van der Waals surface area contributed by atoms with Crippen molar-refractivity contribution >= 4 is 17.1 Å². The molecule has 0 saturated carbocycles. The van der Waals surface area contributed by atoms with Crippen LogP contribution < -0.4 is 5.73 Å². The van der Waals surface area contributed by atoms with Crippen molar-refractivity contribution in [1.82, 2.24) is 14.5 Å². The molecule has 0 unspecified atom stereocenters. The predicted molar refractivity (Wildman–Crippen MR) is 47.0 cm³/mol. The van der Waals surface area contributed by atoms with E-state index in [-0.39, 0.29) is 5.82 Å². The van der Waals surface area contributed by atoms with Gasteiger partial charge in [-0.15, -0.1) is 0 Å². The first-order chi connectivity index (χ1) is 6.20. The van der Waals surface area contributed by atoms with Crippen LogP contribution in [-0.2, 0) is 7.05 Å². The van der Waals surface area contributed by atoms with Crippen LogP contribution in [0, 0.1) is 0 Å². The van der Waals surface area contributed by atoms with E-state index < -0.39 is 5.91 Å². The Balaban J connectivity index is 2.81. The molecule has 13 heavy (non-hydrogen) atoms. The van der Waals surface area contributed by atoms with Gasteiger partial charge in [0.2, 0.25) is 5.82 Å². The van der Waals surface area contributed by atoms with E-state index in [1.54, 1.807) is 29.9 Å². The molecule has 0 spiro atoms. The van der Waals surface area contributed by atoms with Crippen molar-refractivity contribution < 1.29 is 4.79 Å². The van der Waals surface area contributed by atoms with Crippen LogP contribution in [0.15, 0.2) is 18.3 Å². The number of hydrogen-bond acceptors (Lipinski definition) is 3. The number of aryl methyl sites for hydroxylation is 1. The summed E-state index contributed by atoms with van der Waals surface area (Å²) < 4.78 is 1.58. The quantitative estimate of drug-likeness (QED) is 0.668. The van der Waals surface area contributed by atoms with E-state index in [2.05, 4.69) is 9.97 Å². The van der Waals surface area contributed by atoms with E-state index >= 15 is 0 Å². The third-order valence-electron chi connectivity index (χ3n) is 1.85. The molecule has 2 aromatic rings. The van der Waals surface area contributed by atoms with Crippen molar-refractivity contribution in [3.8, 4) is 0 Å². The lowest BCUT2D eigenvalue weighted by atomic mass is 10.4. The normalized spacial score (nSPS) is 10.5. The second kappa shape index (κ2) is 2.55. The summed E-state index contributed by atoms with van der Waals surface area (Å²) in [6.07, 6.45) is 1.65. The number of rotatable bonds is 1. The van der Waals surface area contributed by atoms with Gasteiger partial charge in [0, 0.05) is 13.2 Å². The van der Waals surface area contributed by atoms with Crippen LogP contribution in [0.3, 0.4) is 0 Å². The predicted octanol–water partition coefficient (Wildman–Crippen LogP) is 0.0672. The average Bonchev–Trinajstić information content (AvgIpc) is 2.45. The van der Waals surface area contributed by atoms with Crippen LogP contribution in [0.4, 0.5) is 0 Å². The first kappa shape index (κ1) is 7.72. The SMILES string of the molecule is Cn1c(C(N)=O)nc2cccnc21. The Morgan fingerprint density at radius 3 is 3.00 bits per heavy atom. The van der Waals surface area contributed by atoms with E-state index in [0.29, 0.717) is 11.2 Å². The molecular weight excluding hydrogens is 168 g/mol. The standard InChI is InChI=1S/C8H8N4O/c1-12-7-5(3-2-4-10-7)11-8(12)6(9)13/h2-4H,1H3,(H2,9,13). The summed E-state index contributed by atoms with van der Waals surface area (Å²) in [4.78, 5) is 19.0. The molecule has 2 aromatic heterocycles. The van der Waals surface area contributed by atoms with Crippen LogP contribution in [0.1, 0.15) is 10.6 Å². The molecule has 5 heteroatoms. The molecule has 2 heterocycles. The van der Waals surface area contributed by atoms with Gasteiger partial charge < -0.3 is 10.3 Å². The Labute approximate surface area is 74.2 Å². The summed E-state index contributed by atoms with van der Waals surface area (Å²) in [5, 5.41) is 0. The van der Waals surface area contributed by atoms with Crippen LogP contribution in [0.2, 0.25) is 0 Å². The number of imidazole rings is 1. The monoisotopic (exact) mass is 176 g/mol. The summed E-state index contributed by atoms with van der Waals surface area (Å²) in [6, 6.07) is 3.55. The number of primary amides is 1. The zero-order chi connectivity index (χ0) is 9.42. The van der Waals surface area contributed by atoms with Gasteiger partial charge in [0.15, 0.2) is 5.65 Å². The molecule has 0 aliphatic heterocycles. The molecule has 2 rings (SSSR count). The van der Waals surface area contributed by atoms with Crippen LogP contribution in [0.25, 0.3) is 11.2 Å². The van der Waals surface area contributed by atoms with Gasteiger partial charge in [-0.3, -0.25) is 4.79 Å². The minimum Gasteiger partial charge on any atom is -0.363 e. The van der Waals surface area contributed by atoms with Crippen molar-refractivity contribution in [3.05, 3.63) is 24.2 Å².